The van der Waals surface area contributed by atoms with E-state index in [1.165, 1.54) is 0 Å². The monoisotopic (exact) mass is 829 g/mol. The number of rotatable bonds is 14. The summed E-state index contributed by atoms with van der Waals surface area (Å²) < 4.78 is 40.6. The number of sulfone groups is 1. The topological polar surface area (TPSA) is 178 Å². The minimum Gasteiger partial charge on any atom is -0.392 e. The van der Waals surface area contributed by atoms with Crippen LogP contribution in [0.25, 0.3) is 0 Å². The van der Waals surface area contributed by atoms with Gasteiger partial charge in [-0.15, -0.1) is 0 Å². The van der Waals surface area contributed by atoms with Gasteiger partial charge in [-0.2, -0.15) is 0 Å². The Kier molecular flexibility index (Phi) is 14.2. The van der Waals surface area contributed by atoms with E-state index in [0.29, 0.717) is 23.2 Å². The molecule has 318 valence electrons. The number of ether oxygens (including phenoxy) is 2. The van der Waals surface area contributed by atoms with E-state index in [0.717, 1.165) is 29.7 Å². The van der Waals surface area contributed by atoms with Gasteiger partial charge in [0.2, 0.25) is 0 Å². The van der Waals surface area contributed by atoms with Crippen LogP contribution in [-0.2, 0) is 32.5 Å². The first kappa shape index (κ1) is 44.2. The van der Waals surface area contributed by atoms with Gasteiger partial charge in [-0.05, 0) is 64.9 Å². The number of hydrogen-bond acceptors (Lipinski definition) is 10. The first-order valence-electron chi connectivity index (χ1n) is 20.5. The highest BCUT2D eigenvalue weighted by Gasteiger charge is 2.53. The van der Waals surface area contributed by atoms with Crippen molar-refractivity contribution in [2.75, 3.05) is 30.1 Å². The molecule has 1 aliphatic carbocycles. The lowest BCUT2D eigenvalue weighted by atomic mass is 9.64. The number of benzene rings is 4. The molecule has 1 saturated carbocycles. The van der Waals surface area contributed by atoms with Crippen LogP contribution in [0.4, 0.5) is 16.2 Å². The number of amides is 2. The van der Waals surface area contributed by atoms with Gasteiger partial charge < -0.3 is 45.4 Å². The number of hydrogen-bond donors (Lipinski definition) is 6. The number of nitrogens with one attached hydrogen (secondary N) is 2. The number of anilines is 2. The van der Waals surface area contributed by atoms with Gasteiger partial charge in [0.1, 0.15) is 30.5 Å². The molecule has 59 heavy (non-hydrogen) atoms. The molecule has 1 aliphatic heterocycles. The third kappa shape index (κ3) is 9.52. The molecule has 1 heterocycles. The fourth-order valence-corrected chi connectivity index (χ4v) is 11.3. The lowest BCUT2D eigenvalue weighted by molar-refractivity contribution is -0.222. The maximum Gasteiger partial charge on any atom is 0.319 e. The van der Waals surface area contributed by atoms with E-state index < -0.39 is 69.9 Å². The molecule has 4 aromatic carbocycles. The zero-order chi connectivity index (χ0) is 42.5. The van der Waals surface area contributed by atoms with Crippen molar-refractivity contribution in [2.45, 2.75) is 107 Å². The summed E-state index contributed by atoms with van der Waals surface area (Å²) in [4.78, 5) is 15.9. The molecule has 2 unspecified atom stereocenters. The molecule has 6 N–H and O–H groups in total. The second-order valence-corrected chi connectivity index (χ2v) is 18.3. The number of nitrogens with zero attached hydrogens (tertiary/aromatic N) is 1. The second kappa shape index (κ2) is 18.9. The fraction of sp³-hybridized carbons (Fsp3) is 0.457. The maximum absolute atomic E-state index is 14.3. The molecule has 2 aliphatic rings. The molecular weight excluding hydrogens is 771 g/mol. The van der Waals surface area contributed by atoms with Crippen molar-refractivity contribution in [3.8, 4) is 0 Å². The molecule has 12 nitrogen and oxygen atoms in total. The van der Waals surface area contributed by atoms with Crippen molar-refractivity contribution in [1.82, 2.24) is 5.32 Å². The van der Waals surface area contributed by atoms with Crippen molar-refractivity contribution < 1.29 is 43.1 Å². The van der Waals surface area contributed by atoms with E-state index in [1.54, 1.807) is 30.3 Å². The van der Waals surface area contributed by atoms with Crippen LogP contribution in [0.3, 0.4) is 0 Å². The van der Waals surface area contributed by atoms with Crippen LogP contribution in [0, 0.1) is 11.3 Å². The fourth-order valence-electron chi connectivity index (χ4n) is 8.96. The summed E-state index contributed by atoms with van der Waals surface area (Å²) >= 11 is 0. The number of carbonyl (C=O) groups excluding carboxylic acids is 1. The first-order chi connectivity index (χ1) is 28.2. The largest absolute Gasteiger partial charge is 0.392 e. The van der Waals surface area contributed by atoms with Crippen LogP contribution in [-0.4, -0.2) is 97.4 Å². The van der Waals surface area contributed by atoms with Crippen LogP contribution in [0.2, 0.25) is 0 Å². The van der Waals surface area contributed by atoms with Gasteiger partial charge in [-0.3, -0.25) is 0 Å². The van der Waals surface area contributed by atoms with Crippen LogP contribution in [0.5, 0.6) is 0 Å². The van der Waals surface area contributed by atoms with Gasteiger partial charge in [0.15, 0.2) is 9.84 Å². The molecule has 0 saturated heterocycles. The normalized spacial score (nSPS) is 28.2. The summed E-state index contributed by atoms with van der Waals surface area (Å²) in [5, 5.41) is 52.7. The third-order valence-corrected chi connectivity index (χ3v) is 14.3. The Morgan fingerprint density at radius 1 is 0.814 bits per heavy atom. The standard InChI is InChI=1S/C46H59N3O9S/c1-6-15-29(3)46(7-2)28-59(55,56)36-23-22-34(49(4)5)25-35(36)37(44(46)53)32-20-14-21-33(24-32)47-45(54)48-38-39(50)42(57-26-30-16-10-8-11-17-30)41(52)43(40(38)51)58-27-31-18-12-9-13-19-31/h8-14,16-25,29,37-44,50-53H,6-7,15,26-28H2,1-5H3,(H2,47,48,54)/t29-,37-,38?,39-,40+,41?,42+,43-,44-,46+/m1/s1. The Morgan fingerprint density at radius 3 is 1.95 bits per heavy atom. The summed E-state index contributed by atoms with van der Waals surface area (Å²) in [5.41, 5.74) is 2.84. The molecule has 1 fully saturated rings. The first-order valence-corrected chi connectivity index (χ1v) is 22.1. The van der Waals surface area contributed by atoms with Crippen LogP contribution in [0.15, 0.2) is 108 Å². The predicted molar refractivity (Wildman–Crippen MR) is 228 cm³/mol. The van der Waals surface area contributed by atoms with Crippen molar-refractivity contribution in [2.24, 2.45) is 11.3 Å². The smallest absolute Gasteiger partial charge is 0.319 e. The van der Waals surface area contributed by atoms with Gasteiger partial charge in [-0.25, -0.2) is 13.2 Å². The zero-order valence-corrected chi connectivity index (χ0v) is 35.3. The van der Waals surface area contributed by atoms with Crippen molar-refractivity contribution in [1.29, 1.82) is 0 Å². The quantitative estimate of drug-likeness (QED) is 0.0935. The minimum atomic E-state index is -3.83. The highest BCUT2D eigenvalue weighted by molar-refractivity contribution is 7.91. The van der Waals surface area contributed by atoms with Crippen molar-refractivity contribution in [3.63, 3.8) is 0 Å². The number of carbonyl (C=O) groups is 1. The minimum absolute atomic E-state index is 0.0524. The van der Waals surface area contributed by atoms with Gasteiger partial charge in [0.05, 0.1) is 36.0 Å². The Labute approximate surface area is 348 Å². The lowest BCUT2D eigenvalue weighted by Crippen LogP contribution is -2.69. The Balaban J connectivity index is 1.30. The maximum atomic E-state index is 14.3. The second-order valence-electron chi connectivity index (χ2n) is 16.3. The molecule has 13 heteroatoms. The molecule has 0 aromatic heterocycles. The summed E-state index contributed by atoms with van der Waals surface area (Å²) in [6, 6.07) is 28.6. The van der Waals surface area contributed by atoms with Gasteiger partial charge in [0, 0.05) is 36.8 Å². The summed E-state index contributed by atoms with van der Waals surface area (Å²) in [6.45, 7) is 6.12. The highest BCUT2D eigenvalue weighted by Crippen LogP contribution is 2.51. The number of aliphatic hydroxyl groups is 4. The number of fused-ring (bicyclic) bond motifs is 1. The summed E-state index contributed by atoms with van der Waals surface area (Å²) in [5.74, 6) is -1.08. The van der Waals surface area contributed by atoms with E-state index in [9.17, 15) is 33.6 Å². The number of aliphatic hydroxyl groups excluding tert-OH is 4. The molecule has 2 amide bonds. The zero-order valence-electron chi connectivity index (χ0n) is 34.4. The van der Waals surface area contributed by atoms with E-state index in [1.807, 2.05) is 106 Å². The molecular formula is C46H59N3O9S. The average Bonchev–Trinajstić information content (AvgIpc) is 3.29. The Morgan fingerprint density at radius 2 is 1.41 bits per heavy atom. The number of urea groups is 1. The highest BCUT2D eigenvalue weighted by atomic mass is 32.2. The van der Waals surface area contributed by atoms with E-state index in [4.69, 9.17) is 9.47 Å². The third-order valence-electron chi connectivity index (χ3n) is 12.4. The Hall–Kier alpha value is -4.34. The molecule has 6 rings (SSSR count). The SMILES string of the molecule is CCC[C@@H](C)[C@]1(CC)CS(=O)(=O)c2ccc(N(C)C)cc2[C@@H](c2cccc(NC(=O)NC3[C@@H](O)[C@H](OCc4ccccc4)C(O)[C@H](OCc4ccccc4)[C@H]3O)c2)[C@H]1O. The Bertz CT molecular complexity index is 2060. The predicted octanol–water partition coefficient (Wildman–Crippen LogP) is 5.62. The molecule has 0 spiro atoms. The van der Waals surface area contributed by atoms with E-state index in [2.05, 4.69) is 17.6 Å². The lowest BCUT2D eigenvalue weighted by Gasteiger charge is -2.45. The molecule has 4 aromatic rings. The van der Waals surface area contributed by atoms with E-state index in [-0.39, 0.29) is 29.8 Å². The summed E-state index contributed by atoms with van der Waals surface area (Å²) in [7, 11) is -0.0864. The molecule has 0 bridgehead atoms. The van der Waals surface area contributed by atoms with Crippen LogP contribution < -0.4 is 15.5 Å². The van der Waals surface area contributed by atoms with Gasteiger partial charge in [-0.1, -0.05) is 106 Å². The van der Waals surface area contributed by atoms with Crippen LogP contribution in [0.1, 0.15) is 68.2 Å². The average molecular weight is 830 g/mol. The summed E-state index contributed by atoms with van der Waals surface area (Å²) in [6.07, 6.45) is -6.06. The van der Waals surface area contributed by atoms with Gasteiger partial charge in [0.25, 0.3) is 0 Å². The molecule has 10 atom stereocenters. The molecule has 0 radical (unpaired) electrons. The van der Waals surface area contributed by atoms with Crippen LogP contribution >= 0.6 is 0 Å². The van der Waals surface area contributed by atoms with Crippen molar-refractivity contribution in [3.05, 3.63) is 125 Å². The van der Waals surface area contributed by atoms with Crippen molar-refractivity contribution >= 4 is 27.2 Å². The van der Waals surface area contributed by atoms with E-state index >= 15 is 0 Å². The van der Waals surface area contributed by atoms with Gasteiger partial charge >= 0.3 is 6.03 Å².